The average Bonchev–Trinajstić information content (AvgIpc) is 2.78. The lowest BCUT2D eigenvalue weighted by Gasteiger charge is -2.22. The Kier molecular flexibility index (Phi) is 12.0. The fourth-order valence-corrected chi connectivity index (χ4v) is 2.75. The fourth-order valence-electron chi connectivity index (χ4n) is 2.75. The van der Waals surface area contributed by atoms with Gasteiger partial charge < -0.3 is 37.5 Å². The van der Waals surface area contributed by atoms with Gasteiger partial charge in [0, 0.05) is 6.42 Å². The average molecular weight is 507 g/mol. The van der Waals surface area contributed by atoms with Gasteiger partial charge in [-0.1, -0.05) is 30.3 Å². The highest BCUT2D eigenvalue weighted by Crippen LogP contribution is 2.08. The summed E-state index contributed by atoms with van der Waals surface area (Å²) in [4.78, 5) is 71.4. The van der Waals surface area contributed by atoms with E-state index in [1.54, 1.807) is 51.1 Å². The second kappa shape index (κ2) is 14.4. The lowest BCUT2D eigenvalue weighted by molar-refractivity contribution is -0.157. The number of primary amides is 1. The molecule has 1 aromatic rings. The molecule has 13 nitrogen and oxygen atoms in total. The van der Waals surface area contributed by atoms with E-state index in [1.165, 1.54) is 0 Å². The highest BCUT2D eigenvalue weighted by atomic mass is 16.6. The van der Waals surface area contributed by atoms with Crippen LogP contribution >= 0.6 is 0 Å². The number of esters is 1. The van der Waals surface area contributed by atoms with Gasteiger partial charge >= 0.3 is 5.97 Å². The minimum Gasteiger partial charge on any atom is -0.459 e. The van der Waals surface area contributed by atoms with Crippen molar-refractivity contribution in [1.82, 2.24) is 21.3 Å². The number of carbonyl (C=O) groups excluding carboxylic acids is 6. The van der Waals surface area contributed by atoms with E-state index in [-0.39, 0.29) is 12.8 Å². The molecule has 5 amide bonds. The van der Waals surface area contributed by atoms with E-state index >= 15 is 0 Å². The quantitative estimate of drug-likeness (QED) is 0.158. The smallest absolute Gasteiger partial charge is 0.323 e. The van der Waals surface area contributed by atoms with E-state index in [0.717, 1.165) is 5.56 Å². The molecule has 0 aliphatic carbocycles. The van der Waals surface area contributed by atoms with Gasteiger partial charge in [-0.05, 0) is 26.3 Å². The second-order valence-corrected chi connectivity index (χ2v) is 8.89. The summed E-state index contributed by atoms with van der Waals surface area (Å²) in [6, 6.07) is 6.64. The number of carbonyl (C=O) groups is 6. The summed E-state index contributed by atoms with van der Waals surface area (Å²) >= 11 is 0. The molecule has 0 unspecified atom stereocenters. The topological polar surface area (TPSA) is 212 Å². The number of hydrogen-bond donors (Lipinski definition) is 6. The Morgan fingerprint density at radius 2 is 1.44 bits per heavy atom. The predicted octanol–water partition coefficient (Wildman–Crippen LogP) is -2.39. The van der Waals surface area contributed by atoms with Gasteiger partial charge in [-0.3, -0.25) is 28.8 Å². The molecule has 0 heterocycles. The van der Waals surface area contributed by atoms with Crippen LogP contribution in [0, 0.1) is 0 Å². The van der Waals surface area contributed by atoms with Gasteiger partial charge in [0.15, 0.2) is 0 Å². The summed E-state index contributed by atoms with van der Waals surface area (Å²) in [7, 11) is 0. The van der Waals surface area contributed by atoms with Crippen molar-refractivity contribution in [2.45, 2.75) is 51.3 Å². The van der Waals surface area contributed by atoms with Crippen LogP contribution in [-0.2, 0) is 39.9 Å². The van der Waals surface area contributed by atoms with E-state index in [2.05, 4.69) is 21.3 Å². The van der Waals surface area contributed by atoms with E-state index in [1.807, 2.05) is 0 Å². The van der Waals surface area contributed by atoms with Gasteiger partial charge in [-0.25, -0.2) is 0 Å². The first-order valence-electron chi connectivity index (χ1n) is 11.2. The van der Waals surface area contributed by atoms with Crippen molar-refractivity contribution in [2.75, 3.05) is 19.6 Å². The number of benzene rings is 1. The Labute approximate surface area is 209 Å². The Balaban J connectivity index is 2.51. The normalized spacial score (nSPS) is 12.4. The molecule has 0 aliphatic heterocycles. The molecule has 0 saturated heterocycles. The van der Waals surface area contributed by atoms with E-state index in [0.29, 0.717) is 0 Å². The first-order valence-corrected chi connectivity index (χ1v) is 11.2. The maximum absolute atomic E-state index is 12.4. The maximum Gasteiger partial charge on any atom is 0.323 e. The molecule has 0 radical (unpaired) electrons. The third-order valence-electron chi connectivity index (χ3n) is 4.38. The second-order valence-electron chi connectivity index (χ2n) is 8.89. The summed E-state index contributed by atoms with van der Waals surface area (Å²) in [5.74, 6) is -4.11. The number of nitrogens with two attached hydrogens (primary N) is 2. The molecule has 198 valence electrons. The van der Waals surface area contributed by atoms with Gasteiger partial charge in [0.05, 0.1) is 26.1 Å². The number of rotatable bonds is 13. The van der Waals surface area contributed by atoms with Gasteiger partial charge in [-0.2, -0.15) is 0 Å². The summed E-state index contributed by atoms with van der Waals surface area (Å²) in [5, 5.41) is 9.43. The van der Waals surface area contributed by atoms with Crippen LogP contribution in [0.25, 0.3) is 0 Å². The van der Waals surface area contributed by atoms with Crippen LogP contribution in [-0.4, -0.2) is 72.8 Å². The Bertz CT molecular complexity index is 946. The third-order valence-corrected chi connectivity index (χ3v) is 4.38. The lowest BCUT2D eigenvalue weighted by atomic mass is 10.1. The molecule has 0 saturated carbocycles. The van der Waals surface area contributed by atoms with E-state index in [9.17, 15) is 28.8 Å². The first kappa shape index (κ1) is 30.0. The Morgan fingerprint density at radius 3 is 2.03 bits per heavy atom. The molecule has 0 bridgehead atoms. The molecule has 1 aromatic carbocycles. The Hall–Kier alpha value is -4.00. The van der Waals surface area contributed by atoms with E-state index < -0.39 is 72.8 Å². The van der Waals surface area contributed by atoms with Crippen LogP contribution in [0.1, 0.15) is 32.8 Å². The molecule has 1 rings (SSSR count). The van der Waals surface area contributed by atoms with Crippen molar-refractivity contribution in [1.29, 1.82) is 0 Å². The predicted molar refractivity (Wildman–Crippen MR) is 129 cm³/mol. The number of ether oxygens (including phenoxy) is 1. The van der Waals surface area contributed by atoms with Crippen LogP contribution in [0.2, 0.25) is 0 Å². The fraction of sp³-hybridized carbons (Fsp3) is 0.478. The first-order chi connectivity index (χ1) is 16.8. The minimum atomic E-state index is -1.19. The zero-order chi connectivity index (χ0) is 27.3. The summed E-state index contributed by atoms with van der Waals surface area (Å²) in [6.45, 7) is 3.66. The zero-order valence-corrected chi connectivity index (χ0v) is 20.6. The highest BCUT2D eigenvalue weighted by molar-refractivity contribution is 5.93. The summed E-state index contributed by atoms with van der Waals surface area (Å²) < 4.78 is 5.08. The van der Waals surface area contributed by atoms with Crippen molar-refractivity contribution in [3.8, 4) is 0 Å². The van der Waals surface area contributed by atoms with Gasteiger partial charge in [-0.15, -0.1) is 0 Å². The molecule has 0 aliphatic rings. The Morgan fingerprint density at radius 1 is 0.861 bits per heavy atom. The van der Waals surface area contributed by atoms with Crippen LogP contribution in [0.3, 0.4) is 0 Å². The summed E-state index contributed by atoms with van der Waals surface area (Å²) in [5.41, 5.74) is 10.7. The maximum atomic E-state index is 12.4. The monoisotopic (exact) mass is 506 g/mol. The van der Waals surface area contributed by atoms with Gasteiger partial charge in [0.25, 0.3) is 0 Å². The van der Waals surface area contributed by atoms with Gasteiger partial charge in [0.1, 0.15) is 17.7 Å². The molecular formula is C23H34N6O7. The van der Waals surface area contributed by atoms with Crippen molar-refractivity contribution in [2.24, 2.45) is 11.5 Å². The summed E-state index contributed by atoms with van der Waals surface area (Å²) in [6.07, 6.45) is -0.247. The molecule has 2 atom stereocenters. The standard InChI is InChI=1S/C23H34N6O7/c1-23(2,3)36-22(35)15(24)10-18(31)26-12-19(32)27-13-20(33)29-16(21(34)28-11-17(25)30)9-14-7-5-4-6-8-14/h4-8,15-16H,9-13,24H2,1-3H3,(H2,25,30)(H,26,31)(H,27,32)(H,28,34)(H,29,33)/t15-,16-/m0/s1. The van der Waals surface area contributed by atoms with Crippen molar-refractivity contribution < 1.29 is 33.5 Å². The molecular weight excluding hydrogens is 472 g/mol. The number of hydrogen-bond acceptors (Lipinski definition) is 8. The number of amides is 5. The largest absolute Gasteiger partial charge is 0.459 e. The third kappa shape index (κ3) is 13.0. The number of nitrogens with one attached hydrogen (secondary N) is 4. The van der Waals surface area contributed by atoms with Crippen LogP contribution in [0.15, 0.2) is 30.3 Å². The van der Waals surface area contributed by atoms with Crippen molar-refractivity contribution in [3.05, 3.63) is 35.9 Å². The van der Waals surface area contributed by atoms with Crippen LogP contribution in [0.5, 0.6) is 0 Å². The van der Waals surface area contributed by atoms with Crippen LogP contribution in [0.4, 0.5) is 0 Å². The molecule has 36 heavy (non-hydrogen) atoms. The highest BCUT2D eigenvalue weighted by Gasteiger charge is 2.25. The van der Waals surface area contributed by atoms with Gasteiger partial charge in [0.2, 0.25) is 29.5 Å². The molecule has 0 aromatic heterocycles. The van der Waals surface area contributed by atoms with Crippen molar-refractivity contribution in [3.63, 3.8) is 0 Å². The van der Waals surface area contributed by atoms with Crippen molar-refractivity contribution >= 4 is 35.5 Å². The molecule has 13 heteroatoms. The SMILES string of the molecule is CC(C)(C)OC(=O)[C@@H](N)CC(=O)NCC(=O)NCC(=O)N[C@@H](Cc1ccccc1)C(=O)NCC(N)=O. The lowest BCUT2D eigenvalue weighted by Crippen LogP contribution is -2.52. The van der Waals surface area contributed by atoms with Crippen LogP contribution < -0.4 is 32.7 Å². The molecule has 0 spiro atoms. The molecule has 0 fully saturated rings. The van der Waals surface area contributed by atoms with E-state index in [4.69, 9.17) is 16.2 Å². The minimum absolute atomic E-state index is 0.138. The zero-order valence-electron chi connectivity index (χ0n) is 20.6. The molecule has 8 N–H and O–H groups in total.